The first-order valence-corrected chi connectivity index (χ1v) is 8.40. The summed E-state index contributed by atoms with van der Waals surface area (Å²) in [6.07, 6.45) is 3.53. The molecule has 2 N–H and O–H groups in total. The quantitative estimate of drug-likeness (QED) is 0.677. The zero-order chi connectivity index (χ0) is 17.6. The van der Waals surface area contributed by atoms with Gasteiger partial charge >= 0.3 is 0 Å². The lowest BCUT2D eigenvalue weighted by Gasteiger charge is -2.16. The van der Waals surface area contributed by atoms with Crippen LogP contribution in [0.1, 0.15) is 24.1 Å². The second-order valence-corrected chi connectivity index (χ2v) is 6.20. The lowest BCUT2D eigenvalue weighted by Crippen LogP contribution is -2.30. The van der Waals surface area contributed by atoms with Crippen molar-refractivity contribution in [2.45, 2.75) is 19.5 Å². The topological polar surface area (TPSA) is 41.9 Å². The van der Waals surface area contributed by atoms with Crippen molar-refractivity contribution in [1.82, 2.24) is 15.1 Å². The molecule has 0 bridgehead atoms. The maximum atomic E-state index is 13.2. The predicted molar refractivity (Wildman–Crippen MR) is 102 cm³/mol. The molecule has 0 amide bonds. The molecule has 128 valence electrons. The van der Waals surface area contributed by atoms with Crippen molar-refractivity contribution in [3.63, 3.8) is 0 Å². The zero-order valence-electron chi connectivity index (χ0n) is 13.8. The molecule has 2 aromatic carbocycles. The van der Waals surface area contributed by atoms with Gasteiger partial charge in [0.1, 0.15) is 5.82 Å². The Morgan fingerprint density at radius 3 is 2.76 bits per heavy atom. The average molecular weight is 354 g/mol. The highest BCUT2D eigenvalue weighted by molar-refractivity contribution is 7.80. The molecule has 6 heteroatoms. The minimum atomic E-state index is -0.247. The smallest absolute Gasteiger partial charge is 0.171 e. The van der Waals surface area contributed by atoms with Crippen molar-refractivity contribution in [3.8, 4) is 0 Å². The molecular weight excluding hydrogens is 335 g/mol. The van der Waals surface area contributed by atoms with Crippen LogP contribution in [0.2, 0.25) is 0 Å². The first kappa shape index (κ1) is 17.1. The molecule has 0 saturated carbocycles. The van der Waals surface area contributed by atoms with Crippen LogP contribution in [-0.4, -0.2) is 14.9 Å². The van der Waals surface area contributed by atoms with Gasteiger partial charge in [0.2, 0.25) is 0 Å². The molecule has 1 unspecified atom stereocenters. The van der Waals surface area contributed by atoms with Gasteiger partial charge in [-0.15, -0.1) is 0 Å². The van der Waals surface area contributed by atoms with Crippen LogP contribution >= 0.6 is 12.2 Å². The Labute approximate surface area is 151 Å². The lowest BCUT2D eigenvalue weighted by molar-refractivity contribution is 0.619. The normalized spacial score (nSPS) is 11.8. The maximum absolute atomic E-state index is 13.2. The Morgan fingerprint density at radius 2 is 2.00 bits per heavy atom. The average Bonchev–Trinajstić information content (AvgIpc) is 3.02. The second kappa shape index (κ2) is 7.90. The van der Waals surface area contributed by atoms with E-state index in [1.165, 1.54) is 12.1 Å². The Kier molecular flexibility index (Phi) is 5.40. The number of nitrogens with one attached hydrogen (secondary N) is 2. The van der Waals surface area contributed by atoms with Crippen LogP contribution in [0.4, 0.5) is 10.1 Å². The summed E-state index contributed by atoms with van der Waals surface area (Å²) in [5, 5.41) is 11.2. The van der Waals surface area contributed by atoms with Gasteiger partial charge in [0, 0.05) is 6.20 Å². The molecule has 0 aliphatic rings. The third-order valence-corrected chi connectivity index (χ3v) is 3.99. The van der Waals surface area contributed by atoms with Crippen molar-refractivity contribution in [1.29, 1.82) is 0 Å². The summed E-state index contributed by atoms with van der Waals surface area (Å²) >= 11 is 5.36. The second-order valence-electron chi connectivity index (χ2n) is 5.79. The molecule has 25 heavy (non-hydrogen) atoms. The lowest BCUT2D eigenvalue weighted by atomic mass is 10.1. The highest BCUT2D eigenvalue weighted by Gasteiger charge is 2.07. The van der Waals surface area contributed by atoms with E-state index < -0.39 is 0 Å². The number of thiocarbonyl (C=S) groups is 1. The monoisotopic (exact) mass is 354 g/mol. The number of anilines is 1. The van der Waals surface area contributed by atoms with Crippen LogP contribution in [0, 0.1) is 5.82 Å². The molecule has 4 nitrogen and oxygen atoms in total. The van der Waals surface area contributed by atoms with Gasteiger partial charge in [-0.3, -0.25) is 4.68 Å². The molecule has 0 saturated heterocycles. The molecule has 1 aromatic heterocycles. The Bertz CT molecular complexity index is 847. The summed E-state index contributed by atoms with van der Waals surface area (Å²) in [6, 6.07) is 16.7. The van der Waals surface area contributed by atoms with Crippen LogP contribution in [-0.2, 0) is 6.54 Å². The van der Waals surface area contributed by atoms with Crippen LogP contribution in [0.5, 0.6) is 0 Å². The van der Waals surface area contributed by atoms with E-state index in [-0.39, 0.29) is 11.9 Å². The van der Waals surface area contributed by atoms with Crippen molar-refractivity contribution >= 4 is 23.0 Å². The fourth-order valence-electron chi connectivity index (χ4n) is 2.53. The highest BCUT2D eigenvalue weighted by atomic mass is 32.1. The zero-order valence-corrected chi connectivity index (χ0v) is 14.6. The largest absolute Gasteiger partial charge is 0.356 e. The van der Waals surface area contributed by atoms with E-state index in [0.717, 1.165) is 16.8 Å². The number of hydrogen-bond acceptors (Lipinski definition) is 2. The summed E-state index contributed by atoms with van der Waals surface area (Å²) in [7, 11) is 0. The van der Waals surface area contributed by atoms with Crippen LogP contribution in [0.15, 0.2) is 67.0 Å². The van der Waals surface area contributed by atoms with Gasteiger partial charge < -0.3 is 10.6 Å². The maximum Gasteiger partial charge on any atom is 0.171 e. The number of halogens is 1. The molecular formula is C19H19FN4S. The summed E-state index contributed by atoms with van der Waals surface area (Å²) in [4.78, 5) is 0. The Morgan fingerprint density at radius 1 is 1.20 bits per heavy atom. The molecule has 1 atom stereocenters. The molecule has 1 heterocycles. The van der Waals surface area contributed by atoms with Gasteiger partial charge in [0.25, 0.3) is 0 Å². The van der Waals surface area contributed by atoms with E-state index in [0.29, 0.717) is 11.7 Å². The Balaban J connectivity index is 1.56. The van der Waals surface area contributed by atoms with E-state index in [1.807, 2.05) is 30.5 Å². The number of rotatable bonds is 5. The van der Waals surface area contributed by atoms with E-state index in [4.69, 9.17) is 12.2 Å². The highest BCUT2D eigenvalue weighted by Crippen LogP contribution is 2.13. The summed E-state index contributed by atoms with van der Waals surface area (Å²) in [5.41, 5.74) is 2.80. The molecule has 3 aromatic rings. The van der Waals surface area contributed by atoms with Gasteiger partial charge in [0.15, 0.2) is 5.11 Å². The molecule has 0 spiro atoms. The molecule has 0 radical (unpaired) electrons. The standard InChI is InChI=1S/C19H19FN4S/c1-14(16-7-3-2-4-8-16)22-19(25)23-18-11-21-24(13-18)12-15-6-5-9-17(20)10-15/h2-11,13-14H,12H2,1H3,(H2,22,23,25). The van der Waals surface area contributed by atoms with E-state index in [1.54, 1.807) is 16.9 Å². The minimum Gasteiger partial charge on any atom is -0.356 e. The number of nitrogens with zero attached hydrogens (tertiary/aromatic N) is 2. The van der Waals surface area contributed by atoms with E-state index in [2.05, 4.69) is 34.8 Å². The predicted octanol–water partition coefficient (Wildman–Crippen LogP) is 4.12. The van der Waals surface area contributed by atoms with Crippen molar-refractivity contribution in [2.24, 2.45) is 0 Å². The summed E-state index contributed by atoms with van der Waals surface area (Å²) in [5.74, 6) is -0.247. The van der Waals surface area contributed by atoms with Gasteiger partial charge in [-0.25, -0.2) is 4.39 Å². The number of benzene rings is 2. The van der Waals surface area contributed by atoms with E-state index in [9.17, 15) is 4.39 Å². The molecule has 3 rings (SSSR count). The Hall–Kier alpha value is -2.73. The first-order valence-electron chi connectivity index (χ1n) is 7.99. The third kappa shape index (κ3) is 4.87. The van der Waals surface area contributed by atoms with Crippen LogP contribution in [0.25, 0.3) is 0 Å². The summed E-state index contributed by atoms with van der Waals surface area (Å²) in [6.45, 7) is 2.55. The van der Waals surface area contributed by atoms with Crippen LogP contribution in [0.3, 0.4) is 0 Å². The molecule has 0 fully saturated rings. The minimum absolute atomic E-state index is 0.100. The van der Waals surface area contributed by atoms with Crippen LogP contribution < -0.4 is 10.6 Å². The van der Waals surface area contributed by atoms with Crippen molar-refractivity contribution in [3.05, 3.63) is 83.9 Å². The SMILES string of the molecule is CC(NC(=S)Nc1cnn(Cc2cccc(F)c2)c1)c1ccccc1. The molecule has 0 aliphatic heterocycles. The summed E-state index contributed by atoms with van der Waals surface area (Å²) < 4.78 is 15.0. The van der Waals surface area contributed by atoms with Crippen molar-refractivity contribution < 1.29 is 4.39 Å². The number of hydrogen-bond donors (Lipinski definition) is 2. The fraction of sp³-hybridized carbons (Fsp3) is 0.158. The van der Waals surface area contributed by atoms with Gasteiger partial charge in [-0.2, -0.15) is 5.10 Å². The number of aromatic nitrogens is 2. The van der Waals surface area contributed by atoms with Gasteiger partial charge in [-0.05, 0) is 42.4 Å². The van der Waals surface area contributed by atoms with E-state index >= 15 is 0 Å². The van der Waals surface area contributed by atoms with Gasteiger partial charge in [-0.1, -0.05) is 42.5 Å². The first-order chi connectivity index (χ1) is 12.1. The molecule has 0 aliphatic carbocycles. The third-order valence-electron chi connectivity index (χ3n) is 3.77. The van der Waals surface area contributed by atoms with Gasteiger partial charge in [0.05, 0.1) is 24.5 Å². The fourth-order valence-corrected chi connectivity index (χ4v) is 2.82. The van der Waals surface area contributed by atoms with Crippen molar-refractivity contribution in [2.75, 3.05) is 5.32 Å².